The second-order valence-corrected chi connectivity index (χ2v) is 5.00. The first-order valence-electron chi connectivity index (χ1n) is 5.11. The van der Waals surface area contributed by atoms with E-state index in [1.807, 2.05) is 6.92 Å². The first-order valence-corrected chi connectivity index (χ1v) is 6.47. The molecular weight excluding hydrogens is 287 g/mol. The Morgan fingerprint density at radius 3 is 2.50 bits per heavy atom. The van der Waals surface area contributed by atoms with Gasteiger partial charge in [0.25, 0.3) is 0 Å². The van der Waals surface area contributed by atoms with E-state index in [0.29, 0.717) is 12.2 Å². The average Bonchev–Trinajstić information content (AvgIpc) is 2.25. The zero-order valence-electron chi connectivity index (χ0n) is 9.47. The summed E-state index contributed by atoms with van der Waals surface area (Å²) in [6, 6.07) is 1.84. The van der Waals surface area contributed by atoms with E-state index in [4.69, 9.17) is 17.3 Å². The van der Waals surface area contributed by atoms with Gasteiger partial charge in [-0.05, 0) is 24.3 Å². The number of halogens is 4. The maximum Gasteiger partial charge on any atom is 0.417 e. The van der Waals surface area contributed by atoms with Gasteiger partial charge in [0.05, 0.1) is 16.1 Å². The molecule has 2 nitrogen and oxygen atoms in total. The number of alkyl halides is 3. The van der Waals surface area contributed by atoms with E-state index in [2.05, 4.69) is 0 Å². The highest BCUT2D eigenvalue weighted by Gasteiger charge is 2.35. The van der Waals surface area contributed by atoms with Gasteiger partial charge in [-0.1, -0.05) is 18.5 Å². The number of nitrogens with two attached hydrogens (primary N) is 1. The standard InChI is InChI=1S/C11H11ClF3NOS/c1-2-5-18-9-7(11(13,14)15)4-3-6(8(9)12)10(16)17/h3-4H,2,5H2,1H3,(H2,16,17). The number of carbonyl (C=O) groups is 1. The normalized spacial score (nSPS) is 11.6. The Morgan fingerprint density at radius 1 is 1.44 bits per heavy atom. The van der Waals surface area contributed by atoms with Gasteiger partial charge in [-0.25, -0.2) is 0 Å². The van der Waals surface area contributed by atoms with Gasteiger partial charge in [-0.15, -0.1) is 11.8 Å². The van der Waals surface area contributed by atoms with Gasteiger partial charge in [0.1, 0.15) is 0 Å². The molecule has 18 heavy (non-hydrogen) atoms. The van der Waals surface area contributed by atoms with E-state index >= 15 is 0 Å². The molecule has 2 N–H and O–H groups in total. The molecule has 0 radical (unpaired) electrons. The molecule has 7 heteroatoms. The highest BCUT2D eigenvalue weighted by atomic mass is 35.5. The minimum absolute atomic E-state index is 0.0942. The number of amides is 1. The van der Waals surface area contributed by atoms with Crippen LogP contribution in [0.5, 0.6) is 0 Å². The molecule has 0 bridgehead atoms. The van der Waals surface area contributed by atoms with Crippen molar-refractivity contribution >= 4 is 29.3 Å². The van der Waals surface area contributed by atoms with E-state index in [-0.39, 0.29) is 15.5 Å². The molecule has 0 fully saturated rings. The lowest BCUT2D eigenvalue weighted by molar-refractivity contribution is -0.139. The predicted molar refractivity (Wildman–Crippen MR) is 66.0 cm³/mol. The quantitative estimate of drug-likeness (QED) is 0.855. The van der Waals surface area contributed by atoms with Crippen molar-refractivity contribution in [2.24, 2.45) is 5.73 Å². The van der Waals surface area contributed by atoms with Crippen LogP contribution in [0.25, 0.3) is 0 Å². The van der Waals surface area contributed by atoms with Crippen LogP contribution in [-0.2, 0) is 6.18 Å². The summed E-state index contributed by atoms with van der Waals surface area (Å²) < 4.78 is 38.4. The Kier molecular flexibility index (Phi) is 4.92. The zero-order valence-corrected chi connectivity index (χ0v) is 11.0. The van der Waals surface area contributed by atoms with Crippen molar-refractivity contribution in [1.82, 2.24) is 0 Å². The predicted octanol–water partition coefficient (Wildman–Crippen LogP) is 3.96. The van der Waals surface area contributed by atoms with Crippen molar-refractivity contribution in [1.29, 1.82) is 0 Å². The van der Waals surface area contributed by atoms with E-state index < -0.39 is 17.6 Å². The minimum atomic E-state index is -4.50. The van der Waals surface area contributed by atoms with Crippen LogP contribution >= 0.6 is 23.4 Å². The summed E-state index contributed by atoms with van der Waals surface area (Å²) in [6.45, 7) is 1.84. The highest BCUT2D eigenvalue weighted by molar-refractivity contribution is 7.99. The summed E-state index contributed by atoms with van der Waals surface area (Å²) in [4.78, 5) is 10.9. The smallest absolute Gasteiger partial charge is 0.366 e. The summed E-state index contributed by atoms with van der Waals surface area (Å²) in [5, 5.41) is -0.226. The first-order chi connectivity index (χ1) is 8.29. The maximum absolute atomic E-state index is 12.8. The topological polar surface area (TPSA) is 43.1 Å². The molecule has 0 unspecified atom stereocenters. The monoisotopic (exact) mass is 297 g/mol. The number of benzene rings is 1. The molecule has 0 saturated carbocycles. The number of rotatable bonds is 4. The average molecular weight is 298 g/mol. The molecule has 0 atom stereocenters. The second-order valence-electron chi connectivity index (χ2n) is 3.51. The van der Waals surface area contributed by atoms with Gasteiger partial charge >= 0.3 is 6.18 Å². The van der Waals surface area contributed by atoms with Crippen LogP contribution in [0.3, 0.4) is 0 Å². The van der Waals surface area contributed by atoms with Gasteiger partial charge in [0.15, 0.2) is 0 Å². The molecule has 0 aliphatic rings. The second kappa shape index (κ2) is 5.84. The molecule has 1 amide bonds. The largest absolute Gasteiger partial charge is 0.417 e. The molecule has 100 valence electrons. The number of hydrogen-bond donors (Lipinski definition) is 1. The van der Waals surface area contributed by atoms with Gasteiger partial charge in [-0.2, -0.15) is 13.2 Å². The number of hydrogen-bond acceptors (Lipinski definition) is 2. The maximum atomic E-state index is 12.8. The van der Waals surface area contributed by atoms with Crippen molar-refractivity contribution in [3.05, 3.63) is 28.3 Å². The summed E-state index contributed by atoms with van der Waals surface area (Å²) in [5.74, 6) is -0.363. The Balaban J connectivity index is 3.36. The lowest BCUT2D eigenvalue weighted by Gasteiger charge is -2.15. The molecule has 1 aromatic rings. The minimum Gasteiger partial charge on any atom is -0.366 e. The molecule has 0 saturated heterocycles. The summed E-state index contributed by atoms with van der Waals surface area (Å²) in [5.41, 5.74) is 4.13. The lowest BCUT2D eigenvalue weighted by atomic mass is 10.1. The van der Waals surface area contributed by atoms with Crippen LogP contribution in [-0.4, -0.2) is 11.7 Å². The summed E-state index contributed by atoms with van der Waals surface area (Å²) >= 11 is 6.80. The Bertz CT molecular complexity index is 462. The Morgan fingerprint density at radius 2 is 2.06 bits per heavy atom. The Labute approximate surface area is 112 Å². The molecule has 0 heterocycles. The van der Waals surface area contributed by atoms with Crippen LogP contribution in [0.2, 0.25) is 5.02 Å². The van der Waals surface area contributed by atoms with Crippen molar-refractivity contribution < 1.29 is 18.0 Å². The van der Waals surface area contributed by atoms with Crippen LogP contribution < -0.4 is 5.73 Å². The van der Waals surface area contributed by atoms with Crippen LogP contribution in [0.4, 0.5) is 13.2 Å². The van der Waals surface area contributed by atoms with Gasteiger partial charge in [0.2, 0.25) is 5.91 Å². The van der Waals surface area contributed by atoms with E-state index in [0.717, 1.165) is 23.9 Å². The summed E-state index contributed by atoms with van der Waals surface area (Å²) in [6.07, 6.45) is -3.81. The van der Waals surface area contributed by atoms with Crippen LogP contribution in [0.1, 0.15) is 29.3 Å². The van der Waals surface area contributed by atoms with Crippen LogP contribution in [0.15, 0.2) is 17.0 Å². The molecule has 0 spiro atoms. The number of primary amides is 1. The zero-order chi connectivity index (χ0) is 13.9. The van der Waals surface area contributed by atoms with E-state index in [1.54, 1.807) is 0 Å². The van der Waals surface area contributed by atoms with E-state index in [1.165, 1.54) is 0 Å². The Hall–Kier alpha value is -0.880. The fraction of sp³-hybridized carbons (Fsp3) is 0.364. The molecular formula is C11H11ClF3NOS. The van der Waals surface area contributed by atoms with E-state index in [9.17, 15) is 18.0 Å². The van der Waals surface area contributed by atoms with Crippen molar-refractivity contribution in [2.45, 2.75) is 24.4 Å². The fourth-order valence-corrected chi connectivity index (χ4v) is 2.72. The third-order valence-corrected chi connectivity index (χ3v) is 3.95. The molecule has 0 aliphatic carbocycles. The van der Waals surface area contributed by atoms with Gasteiger partial charge in [0, 0.05) is 4.90 Å². The van der Waals surface area contributed by atoms with Gasteiger partial charge < -0.3 is 5.73 Å². The number of carbonyl (C=O) groups excluding carboxylic acids is 1. The van der Waals surface area contributed by atoms with Crippen molar-refractivity contribution in [3.63, 3.8) is 0 Å². The highest BCUT2D eigenvalue weighted by Crippen LogP contribution is 2.41. The van der Waals surface area contributed by atoms with Crippen molar-refractivity contribution in [3.8, 4) is 0 Å². The SMILES string of the molecule is CCCSc1c(C(F)(F)F)ccc(C(N)=O)c1Cl. The van der Waals surface area contributed by atoms with Crippen LogP contribution in [0, 0.1) is 0 Å². The van der Waals surface area contributed by atoms with Gasteiger partial charge in [-0.3, -0.25) is 4.79 Å². The third kappa shape index (κ3) is 3.32. The third-order valence-electron chi connectivity index (χ3n) is 2.12. The molecule has 1 rings (SSSR count). The first kappa shape index (κ1) is 15.2. The molecule has 0 aliphatic heterocycles. The molecule has 1 aromatic carbocycles. The lowest BCUT2D eigenvalue weighted by Crippen LogP contribution is -2.14. The van der Waals surface area contributed by atoms with Crippen molar-refractivity contribution in [2.75, 3.05) is 5.75 Å². The molecule has 0 aromatic heterocycles. The number of thioether (sulfide) groups is 1. The fourth-order valence-electron chi connectivity index (χ4n) is 1.31. The summed E-state index contributed by atoms with van der Waals surface area (Å²) in [7, 11) is 0.